The van der Waals surface area contributed by atoms with E-state index in [1.807, 2.05) is 12.1 Å². The predicted octanol–water partition coefficient (Wildman–Crippen LogP) is 4.62. The van der Waals surface area contributed by atoms with Gasteiger partial charge in [-0.05, 0) is 74.8 Å². The van der Waals surface area contributed by atoms with Gasteiger partial charge in [0.2, 0.25) is 0 Å². The molecular formula is C20H23N3S. The first-order chi connectivity index (χ1) is 11.5. The molecule has 0 aliphatic rings. The first-order valence-corrected chi connectivity index (χ1v) is 8.63. The molecule has 0 fully saturated rings. The summed E-state index contributed by atoms with van der Waals surface area (Å²) in [6.45, 7) is 7.14. The van der Waals surface area contributed by atoms with Crippen LogP contribution in [0.1, 0.15) is 22.4 Å². The highest BCUT2D eigenvalue weighted by atomic mass is 32.1. The van der Waals surface area contributed by atoms with Gasteiger partial charge in [-0.15, -0.1) is 0 Å². The molecule has 0 bridgehead atoms. The van der Waals surface area contributed by atoms with Gasteiger partial charge in [0.25, 0.3) is 0 Å². The molecule has 24 heavy (non-hydrogen) atoms. The van der Waals surface area contributed by atoms with Gasteiger partial charge in [0.15, 0.2) is 5.11 Å². The Morgan fingerprint density at radius 2 is 1.83 bits per heavy atom. The molecule has 3 aromatic rings. The molecule has 3 rings (SSSR count). The number of rotatable bonds is 4. The molecule has 0 unspecified atom stereocenters. The molecule has 0 radical (unpaired) electrons. The van der Waals surface area contributed by atoms with Crippen molar-refractivity contribution in [1.29, 1.82) is 0 Å². The summed E-state index contributed by atoms with van der Waals surface area (Å²) < 4.78 is 0. The third-order valence-electron chi connectivity index (χ3n) is 4.21. The maximum atomic E-state index is 5.39. The minimum atomic E-state index is 0.661. The number of aromatic amines is 1. The highest BCUT2D eigenvalue weighted by molar-refractivity contribution is 7.80. The average molecular weight is 337 g/mol. The Balaban J connectivity index is 1.61. The molecule has 124 valence electrons. The molecular weight excluding hydrogens is 314 g/mol. The van der Waals surface area contributed by atoms with Gasteiger partial charge < -0.3 is 15.6 Å². The van der Waals surface area contributed by atoms with Gasteiger partial charge in [-0.1, -0.05) is 23.8 Å². The zero-order valence-corrected chi connectivity index (χ0v) is 15.2. The van der Waals surface area contributed by atoms with Gasteiger partial charge in [-0.25, -0.2) is 0 Å². The third kappa shape index (κ3) is 3.77. The second-order valence-electron chi connectivity index (χ2n) is 6.28. The van der Waals surface area contributed by atoms with E-state index in [0.717, 1.165) is 18.7 Å². The van der Waals surface area contributed by atoms with Crippen LogP contribution >= 0.6 is 12.2 Å². The van der Waals surface area contributed by atoms with E-state index < -0.39 is 0 Å². The number of hydrogen-bond acceptors (Lipinski definition) is 1. The van der Waals surface area contributed by atoms with Crippen molar-refractivity contribution in [1.82, 2.24) is 10.3 Å². The van der Waals surface area contributed by atoms with Crippen LogP contribution in [0.5, 0.6) is 0 Å². The molecule has 0 amide bonds. The summed E-state index contributed by atoms with van der Waals surface area (Å²) in [6, 6.07) is 14.7. The van der Waals surface area contributed by atoms with Crippen molar-refractivity contribution in [3.63, 3.8) is 0 Å². The van der Waals surface area contributed by atoms with Crippen LogP contribution in [0.2, 0.25) is 0 Å². The molecule has 3 nitrogen and oxygen atoms in total. The fraction of sp³-hybridized carbons (Fsp3) is 0.250. The summed E-state index contributed by atoms with van der Waals surface area (Å²) in [7, 11) is 0. The monoisotopic (exact) mass is 337 g/mol. The minimum Gasteiger partial charge on any atom is -0.362 e. The number of aryl methyl sites for hydroxylation is 3. The van der Waals surface area contributed by atoms with Crippen LogP contribution in [0.4, 0.5) is 5.69 Å². The van der Waals surface area contributed by atoms with E-state index in [4.69, 9.17) is 12.2 Å². The van der Waals surface area contributed by atoms with Crippen LogP contribution in [0.15, 0.2) is 42.5 Å². The molecule has 2 aromatic carbocycles. The molecule has 0 aliphatic carbocycles. The number of benzene rings is 2. The molecule has 0 saturated heterocycles. The zero-order valence-electron chi connectivity index (χ0n) is 14.4. The number of aromatic nitrogens is 1. The highest BCUT2D eigenvalue weighted by Crippen LogP contribution is 2.23. The molecule has 3 N–H and O–H groups in total. The van der Waals surface area contributed by atoms with E-state index in [0.29, 0.717) is 5.11 Å². The number of fused-ring (bicyclic) bond motifs is 1. The third-order valence-corrected chi connectivity index (χ3v) is 4.46. The lowest BCUT2D eigenvalue weighted by Crippen LogP contribution is -2.30. The van der Waals surface area contributed by atoms with Gasteiger partial charge in [0.1, 0.15) is 0 Å². The Kier molecular flexibility index (Phi) is 4.86. The standard InChI is InChI=1S/C20H23N3S/c1-13-5-4-6-16(11-13)23-20(24)21-10-9-17-15(3)22-19-8-7-14(2)12-18(17)19/h4-8,11-12,22H,9-10H2,1-3H3,(H2,21,23,24). The molecule has 0 atom stereocenters. The van der Waals surface area contributed by atoms with Crippen LogP contribution in [0.25, 0.3) is 10.9 Å². The lowest BCUT2D eigenvalue weighted by molar-refractivity contribution is 0.871. The summed E-state index contributed by atoms with van der Waals surface area (Å²) in [5.41, 5.74) is 7.31. The second kappa shape index (κ2) is 7.05. The molecule has 4 heteroatoms. The number of H-pyrrole nitrogens is 1. The number of thiocarbonyl (C=S) groups is 1. The van der Waals surface area contributed by atoms with Crippen LogP contribution in [-0.2, 0) is 6.42 Å². The molecule has 1 aromatic heterocycles. The highest BCUT2D eigenvalue weighted by Gasteiger charge is 2.08. The lowest BCUT2D eigenvalue weighted by atomic mass is 10.1. The van der Waals surface area contributed by atoms with E-state index in [1.165, 1.54) is 33.3 Å². The summed E-state index contributed by atoms with van der Waals surface area (Å²) in [6.07, 6.45) is 0.935. The Morgan fingerprint density at radius 1 is 1.04 bits per heavy atom. The minimum absolute atomic E-state index is 0.661. The fourth-order valence-corrected chi connectivity index (χ4v) is 3.24. The van der Waals surface area contributed by atoms with Gasteiger partial charge in [-0.3, -0.25) is 0 Å². The van der Waals surface area contributed by atoms with E-state index in [1.54, 1.807) is 0 Å². The van der Waals surface area contributed by atoms with Gasteiger partial charge >= 0.3 is 0 Å². The molecule has 0 aliphatic heterocycles. The molecule has 1 heterocycles. The summed E-state index contributed by atoms with van der Waals surface area (Å²) >= 11 is 5.39. The molecule has 0 spiro atoms. The second-order valence-corrected chi connectivity index (χ2v) is 6.69. The maximum Gasteiger partial charge on any atom is 0.170 e. The topological polar surface area (TPSA) is 39.8 Å². The van der Waals surface area contributed by atoms with Gasteiger partial charge in [0, 0.05) is 28.8 Å². The number of anilines is 1. The van der Waals surface area contributed by atoms with Gasteiger partial charge in [-0.2, -0.15) is 0 Å². The maximum absolute atomic E-state index is 5.39. The van der Waals surface area contributed by atoms with Crippen molar-refractivity contribution in [2.24, 2.45) is 0 Å². The lowest BCUT2D eigenvalue weighted by Gasteiger charge is -2.11. The smallest absolute Gasteiger partial charge is 0.170 e. The van der Waals surface area contributed by atoms with E-state index in [2.05, 4.69) is 66.7 Å². The SMILES string of the molecule is Cc1cccc(NC(=S)NCCc2c(C)[nH]c3ccc(C)cc23)c1. The Morgan fingerprint density at radius 3 is 2.62 bits per heavy atom. The molecule has 0 saturated carbocycles. The quantitative estimate of drug-likeness (QED) is 0.608. The Labute approximate surface area is 148 Å². The van der Waals surface area contributed by atoms with Crippen LogP contribution in [0.3, 0.4) is 0 Å². The Bertz CT molecular complexity index is 880. The van der Waals surface area contributed by atoms with Crippen molar-refractivity contribution >= 4 is 33.9 Å². The van der Waals surface area contributed by atoms with Gasteiger partial charge in [0.05, 0.1) is 0 Å². The van der Waals surface area contributed by atoms with Crippen molar-refractivity contribution in [3.05, 3.63) is 64.8 Å². The van der Waals surface area contributed by atoms with Crippen molar-refractivity contribution in [3.8, 4) is 0 Å². The summed E-state index contributed by atoms with van der Waals surface area (Å²) in [5, 5.41) is 8.51. The summed E-state index contributed by atoms with van der Waals surface area (Å²) in [4.78, 5) is 3.46. The van der Waals surface area contributed by atoms with Crippen LogP contribution < -0.4 is 10.6 Å². The van der Waals surface area contributed by atoms with Crippen molar-refractivity contribution < 1.29 is 0 Å². The largest absolute Gasteiger partial charge is 0.362 e. The Hall–Kier alpha value is -2.33. The van der Waals surface area contributed by atoms with Crippen LogP contribution in [-0.4, -0.2) is 16.6 Å². The first-order valence-electron chi connectivity index (χ1n) is 8.22. The number of nitrogens with one attached hydrogen (secondary N) is 3. The number of hydrogen-bond donors (Lipinski definition) is 3. The first kappa shape index (κ1) is 16.5. The average Bonchev–Trinajstić information content (AvgIpc) is 2.83. The van der Waals surface area contributed by atoms with E-state index in [-0.39, 0.29) is 0 Å². The predicted molar refractivity (Wildman–Crippen MR) is 107 cm³/mol. The zero-order chi connectivity index (χ0) is 17.1. The summed E-state index contributed by atoms with van der Waals surface area (Å²) in [5.74, 6) is 0. The van der Waals surface area contributed by atoms with Crippen molar-refractivity contribution in [2.75, 3.05) is 11.9 Å². The van der Waals surface area contributed by atoms with E-state index in [9.17, 15) is 0 Å². The van der Waals surface area contributed by atoms with Crippen LogP contribution in [0, 0.1) is 20.8 Å². The normalized spacial score (nSPS) is 10.8. The van der Waals surface area contributed by atoms with Crippen molar-refractivity contribution in [2.45, 2.75) is 27.2 Å². The van der Waals surface area contributed by atoms with E-state index >= 15 is 0 Å². The fourth-order valence-electron chi connectivity index (χ4n) is 3.02.